The monoisotopic (exact) mass is 286 g/mol. The van der Waals surface area contributed by atoms with E-state index < -0.39 is 0 Å². The second-order valence-electron chi connectivity index (χ2n) is 7.32. The Morgan fingerprint density at radius 2 is 2.05 bits per heavy atom. The highest BCUT2D eigenvalue weighted by atomic mass is 15.1. The summed E-state index contributed by atoms with van der Waals surface area (Å²) in [5, 5.41) is 0. The van der Waals surface area contributed by atoms with Crippen molar-refractivity contribution in [2.24, 2.45) is 17.6 Å². The predicted molar refractivity (Wildman–Crippen MR) is 89.1 cm³/mol. The lowest BCUT2D eigenvalue weighted by molar-refractivity contribution is 0.295. The minimum atomic E-state index is 0.455. The maximum absolute atomic E-state index is 6.46. The molecule has 2 heteroatoms. The molecule has 2 atom stereocenters. The van der Waals surface area contributed by atoms with E-state index in [9.17, 15) is 0 Å². The van der Waals surface area contributed by atoms with E-state index in [0.29, 0.717) is 6.04 Å². The van der Waals surface area contributed by atoms with Crippen molar-refractivity contribution in [3.8, 4) is 0 Å². The highest BCUT2D eigenvalue weighted by Gasteiger charge is 2.28. The summed E-state index contributed by atoms with van der Waals surface area (Å²) in [5.74, 6) is 1.64. The molecule has 1 heterocycles. The summed E-state index contributed by atoms with van der Waals surface area (Å²) in [6.07, 6.45) is 8.15. The lowest BCUT2D eigenvalue weighted by atomic mass is 9.89. The van der Waals surface area contributed by atoms with Crippen molar-refractivity contribution in [2.45, 2.75) is 58.0 Å². The summed E-state index contributed by atoms with van der Waals surface area (Å²) in [5.41, 5.74) is 9.28. The lowest BCUT2D eigenvalue weighted by Crippen LogP contribution is -2.31. The topological polar surface area (TPSA) is 29.3 Å². The van der Waals surface area contributed by atoms with Crippen molar-refractivity contribution in [3.63, 3.8) is 0 Å². The van der Waals surface area contributed by atoms with Crippen LogP contribution >= 0.6 is 0 Å². The molecule has 0 radical (unpaired) electrons. The van der Waals surface area contributed by atoms with Gasteiger partial charge in [-0.15, -0.1) is 0 Å². The van der Waals surface area contributed by atoms with Crippen LogP contribution in [0.4, 0.5) is 0 Å². The first-order valence-electron chi connectivity index (χ1n) is 8.74. The first kappa shape index (κ1) is 15.1. The van der Waals surface area contributed by atoms with Gasteiger partial charge in [0.25, 0.3) is 0 Å². The van der Waals surface area contributed by atoms with Gasteiger partial charge in [0, 0.05) is 19.1 Å². The van der Waals surface area contributed by atoms with E-state index in [4.69, 9.17) is 5.73 Å². The molecule has 2 N–H and O–H groups in total. The van der Waals surface area contributed by atoms with Crippen LogP contribution in [0.5, 0.6) is 0 Å². The third-order valence-electron chi connectivity index (χ3n) is 5.47. The van der Waals surface area contributed by atoms with Crippen LogP contribution in [0.1, 0.15) is 49.7 Å². The first-order valence-corrected chi connectivity index (χ1v) is 8.74. The van der Waals surface area contributed by atoms with E-state index in [1.54, 1.807) is 0 Å². The third kappa shape index (κ3) is 4.08. The Balaban J connectivity index is 1.46. The fourth-order valence-electron chi connectivity index (χ4n) is 4.28. The molecular weight excluding hydrogens is 256 g/mol. The summed E-state index contributed by atoms with van der Waals surface area (Å²) in [6, 6.07) is 9.38. The highest BCUT2D eigenvalue weighted by Crippen LogP contribution is 2.31. The minimum Gasteiger partial charge on any atom is -0.327 e. The number of hydrogen-bond acceptors (Lipinski definition) is 2. The molecule has 2 aliphatic rings. The van der Waals surface area contributed by atoms with Crippen molar-refractivity contribution in [2.75, 3.05) is 13.1 Å². The number of nitrogens with zero attached hydrogens (tertiary/aromatic N) is 1. The number of aryl methyl sites for hydroxylation is 1. The zero-order valence-corrected chi connectivity index (χ0v) is 13.4. The zero-order valence-electron chi connectivity index (χ0n) is 13.4. The van der Waals surface area contributed by atoms with Gasteiger partial charge in [-0.1, -0.05) is 42.7 Å². The molecule has 2 fully saturated rings. The van der Waals surface area contributed by atoms with Crippen molar-refractivity contribution in [3.05, 3.63) is 35.4 Å². The van der Waals surface area contributed by atoms with Gasteiger partial charge in [-0.3, -0.25) is 4.90 Å². The number of benzene rings is 1. The van der Waals surface area contributed by atoms with Crippen LogP contribution in [0, 0.1) is 18.8 Å². The average molecular weight is 286 g/mol. The van der Waals surface area contributed by atoms with Crippen LogP contribution in [0.25, 0.3) is 0 Å². The molecule has 0 aromatic heterocycles. The summed E-state index contributed by atoms with van der Waals surface area (Å²) < 4.78 is 0. The molecule has 1 saturated carbocycles. The molecule has 1 saturated heterocycles. The van der Waals surface area contributed by atoms with E-state index in [0.717, 1.165) is 18.4 Å². The molecule has 0 bridgehead atoms. The maximum atomic E-state index is 6.46. The molecule has 0 amide bonds. The van der Waals surface area contributed by atoms with Crippen molar-refractivity contribution < 1.29 is 0 Å². The second-order valence-corrected chi connectivity index (χ2v) is 7.32. The molecule has 1 aliphatic carbocycles. The second kappa shape index (κ2) is 6.93. The molecule has 1 aromatic carbocycles. The molecule has 116 valence electrons. The molecule has 2 nitrogen and oxygen atoms in total. The normalized spacial score (nSPS) is 25.5. The first-order chi connectivity index (χ1) is 10.2. The van der Waals surface area contributed by atoms with Crippen molar-refractivity contribution >= 4 is 0 Å². The van der Waals surface area contributed by atoms with Gasteiger partial charge in [-0.25, -0.2) is 0 Å². The minimum absolute atomic E-state index is 0.455. The van der Waals surface area contributed by atoms with Gasteiger partial charge >= 0.3 is 0 Å². The highest BCUT2D eigenvalue weighted by molar-refractivity contribution is 5.22. The Kier molecular flexibility index (Phi) is 4.97. The number of hydrogen-bond donors (Lipinski definition) is 1. The van der Waals surface area contributed by atoms with E-state index >= 15 is 0 Å². The molecular formula is C19H30N2. The van der Waals surface area contributed by atoms with E-state index in [1.807, 2.05) is 0 Å². The van der Waals surface area contributed by atoms with Crippen LogP contribution in [0.15, 0.2) is 24.3 Å². The van der Waals surface area contributed by atoms with Crippen molar-refractivity contribution in [1.29, 1.82) is 0 Å². The molecule has 2 unspecified atom stereocenters. The fourth-order valence-corrected chi connectivity index (χ4v) is 4.28. The predicted octanol–water partition coefficient (Wildman–Crippen LogP) is 3.72. The Hall–Kier alpha value is -0.860. The van der Waals surface area contributed by atoms with Crippen LogP contribution in [0.3, 0.4) is 0 Å². The Bertz CT molecular complexity index is 451. The summed E-state index contributed by atoms with van der Waals surface area (Å²) in [7, 11) is 0. The molecule has 3 rings (SSSR count). The Morgan fingerprint density at radius 1 is 1.24 bits per heavy atom. The van der Waals surface area contributed by atoms with E-state index in [2.05, 4.69) is 36.1 Å². The fraction of sp³-hybridized carbons (Fsp3) is 0.684. The van der Waals surface area contributed by atoms with E-state index in [-0.39, 0.29) is 0 Å². The Morgan fingerprint density at radius 3 is 2.81 bits per heavy atom. The van der Waals surface area contributed by atoms with Crippen LogP contribution < -0.4 is 5.73 Å². The molecule has 21 heavy (non-hydrogen) atoms. The molecule has 1 aromatic rings. The van der Waals surface area contributed by atoms with Gasteiger partial charge < -0.3 is 5.73 Å². The van der Waals surface area contributed by atoms with Crippen LogP contribution in [0.2, 0.25) is 0 Å². The maximum Gasteiger partial charge on any atom is 0.0233 e. The average Bonchev–Trinajstić information content (AvgIpc) is 3.10. The summed E-state index contributed by atoms with van der Waals surface area (Å²) >= 11 is 0. The van der Waals surface area contributed by atoms with E-state index in [1.165, 1.54) is 62.7 Å². The molecule has 1 aliphatic heterocycles. The third-order valence-corrected chi connectivity index (χ3v) is 5.47. The van der Waals surface area contributed by atoms with Gasteiger partial charge in [-0.05, 0) is 56.6 Å². The number of nitrogens with two attached hydrogens (primary N) is 1. The van der Waals surface area contributed by atoms with Gasteiger partial charge in [0.2, 0.25) is 0 Å². The summed E-state index contributed by atoms with van der Waals surface area (Å²) in [6.45, 7) is 5.78. The number of likely N-dealkylation sites (tertiary alicyclic amines) is 1. The standard InChI is InChI=1S/C19H30N2/c1-15-5-4-6-16(11-15)13-21-10-9-17(14-21)12-19(20)18-7-2-3-8-18/h4-6,11,17-19H,2-3,7-10,12-14,20H2,1H3. The largest absolute Gasteiger partial charge is 0.327 e. The van der Waals surface area contributed by atoms with Gasteiger partial charge in [-0.2, -0.15) is 0 Å². The number of rotatable bonds is 5. The van der Waals surface area contributed by atoms with Crippen LogP contribution in [-0.4, -0.2) is 24.0 Å². The van der Waals surface area contributed by atoms with Gasteiger partial charge in [0.05, 0.1) is 0 Å². The lowest BCUT2D eigenvalue weighted by Gasteiger charge is -2.22. The van der Waals surface area contributed by atoms with Crippen molar-refractivity contribution in [1.82, 2.24) is 4.90 Å². The Labute approximate surface area is 129 Å². The van der Waals surface area contributed by atoms with Crippen LogP contribution in [-0.2, 0) is 6.54 Å². The smallest absolute Gasteiger partial charge is 0.0233 e. The van der Waals surface area contributed by atoms with Gasteiger partial charge in [0.1, 0.15) is 0 Å². The zero-order chi connectivity index (χ0) is 14.7. The van der Waals surface area contributed by atoms with Gasteiger partial charge in [0.15, 0.2) is 0 Å². The quantitative estimate of drug-likeness (QED) is 0.894. The summed E-state index contributed by atoms with van der Waals surface area (Å²) in [4.78, 5) is 2.61. The molecule has 0 spiro atoms. The SMILES string of the molecule is Cc1cccc(CN2CCC(CC(N)C3CCCC3)C2)c1.